The van der Waals surface area contributed by atoms with Crippen LogP contribution in [0.15, 0.2) is 18.2 Å². The van der Waals surface area contributed by atoms with Crippen LogP contribution in [0.1, 0.15) is 39.5 Å². The van der Waals surface area contributed by atoms with Crippen molar-refractivity contribution in [3.05, 3.63) is 18.2 Å². The van der Waals surface area contributed by atoms with Gasteiger partial charge in [-0.25, -0.2) is 0 Å². The number of piperidine rings is 1. The fourth-order valence-corrected chi connectivity index (χ4v) is 2.83. The molecule has 1 aromatic carbocycles. The molecule has 1 aliphatic rings. The molecule has 0 bridgehead atoms. The van der Waals surface area contributed by atoms with Gasteiger partial charge in [-0.15, -0.1) is 0 Å². The molecule has 106 valence electrons. The van der Waals surface area contributed by atoms with Crippen LogP contribution in [0.25, 0.3) is 0 Å². The van der Waals surface area contributed by atoms with Gasteiger partial charge in [0.2, 0.25) is 0 Å². The maximum atomic E-state index is 10.1. The van der Waals surface area contributed by atoms with Gasteiger partial charge >= 0.3 is 0 Å². The molecule has 1 N–H and O–H groups in total. The Bertz CT molecular complexity index is 400. The summed E-state index contributed by atoms with van der Waals surface area (Å²) in [5, 5.41) is 10.1. The number of hydrogen-bond donors (Lipinski definition) is 1. The zero-order valence-electron chi connectivity index (χ0n) is 12.2. The highest BCUT2D eigenvalue weighted by Crippen LogP contribution is 2.33. The highest BCUT2D eigenvalue weighted by Gasteiger charge is 2.15. The molecule has 0 amide bonds. The molecule has 1 heterocycles. The normalized spacial score (nSPS) is 15.6. The Kier molecular flexibility index (Phi) is 4.94. The van der Waals surface area contributed by atoms with Gasteiger partial charge in [0.1, 0.15) is 5.75 Å². The molecule has 2 rings (SSSR count). The number of anilines is 2. The molecule has 0 atom stereocenters. The fraction of sp³-hybridized carbons (Fsp3) is 0.625. The van der Waals surface area contributed by atoms with E-state index in [0.717, 1.165) is 38.3 Å². The topological polar surface area (TPSA) is 26.7 Å². The number of aromatic hydroxyl groups is 1. The molecule has 1 saturated heterocycles. The van der Waals surface area contributed by atoms with Crippen LogP contribution < -0.4 is 9.80 Å². The number of phenolic OH excluding ortho intramolecular Hbond substituents is 1. The molecular weight excluding hydrogens is 236 g/mol. The molecular formula is C16H26N2O. The van der Waals surface area contributed by atoms with E-state index in [2.05, 4.69) is 29.7 Å². The van der Waals surface area contributed by atoms with Gasteiger partial charge in [0.05, 0.1) is 5.69 Å². The standard InChI is InChI=1S/C16H26N2O/c1-3-10-17(4-2)15-13-14(8-9-16(15)19)18-11-6-5-7-12-18/h8-9,13,19H,3-7,10-12H2,1-2H3. The molecule has 1 fully saturated rings. The average Bonchev–Trinajstić information content (AvgIpc) is 2.46. The van der Waals surface area contributed by atoms with Gasteiger partial charge in [-0.1, -0.05) is 6.92 Å². The Morgan fingerprint density at radius 2 is 1.89 bits per heavy atom. The van der Waals surface area contributed by atoms with Crippen LogP contribution in [0.3, 0.4) is 0 Å². The summed E-state index contributed by atoms with van der Waals surface area (Å²) in [7, 11) is 0. The van der Waals surface area contributed by atoms with E-state index in [9.17, 15) is 5.11 Å². The van der Waals surface area contributed by atoms with Crippen LogP contribution in [0, 0.1) is 0 Å². The van der Waals surface area contributed by atoms with E-state index in [4.69, 9.17) is 0 Å². The highest BCUT2D eigenvalue weighted by molar-refractivity contribution is 5.66. The summed E-state index contributed by atoms with van der Waals surface area (Å²) < 4.78 is 0. The first-order valence-corrected chi connectivity index (χ1v) is 7.59. The lowest BCUT2D eigenvalue weighted by atomic mass is 10.1. The molecule has 1 aliphatic heterocycles. The van der Waals surface area contributed by atoms with E-state index in [-0.39, 0.29) is 0 Å². The quantitative estimate of drug-likeness (QED) is 0.878. The zero-order valence-corrected chi connectivity index (χ0v) is 12.2. The van der Waals surface area contributed by atoms with Gasteiger partial charge in [0, 0.05) is 31.9 Å². The van der Waals surface area contributed by atoms with Crippen LogP contribution in [0.5, 0.6) is 5.75 Å². The fourth-order valence-electron chi connectivity index (χ4n) is 2.83. The molecule has 0 radical (unpaired) electrons. The maximum Gasteiger partial charge on any atom is 0.139 e. The minimum Gasteiger partial charge on any atom is -0.506 e. The van der Waals surface area contributed by atoms with Crippen molar-refractivity contribution < 1.29 is 5.11 Å². The molecule has 3 heteroatoms. The summed E-state index contributed by atoms with van der Waals surface area (Å²) >= 11 is 0. The number of hydrogen-bond acceptors (Lipinski definition) is 3. The largest absolute Gasteiger partial charge is 0.506 e. The minimum atomic E-state index is 0.399. The summed E-state index contributed by atoms with van der Waals surface area (Å²) in [6.07, 6.45) is 5.00. The van der Waals surface area contributed by atoms with Crippen molar-refractivity contribution in [2.75, 3.05) is 36.0 Å². The van der Waals surface area contributed by atoms with E-state index in [1.165, 1.54) is 24.9 Å². The summed E-state index contributed by atoms with van der Waals surface area (Å²) in [5.41, 5.74) is 2.23. The van der Waals surface area contributed by atoms with Gasteiger partial charge in [-0.3, -0.25) is 0 Å². The van der Waals surface area contributed by atoms with Crippen molar-refractivity contribution in [2.24, 2.45) is 0 Å². The lowest BCUT2D eigenvalue weighted by molar-refractivity contribution is 0.473. The van der Waals surface area contributed by atoms with Crippen LogP contribution in [-0.4, -0.2) is 31.3 Å². The van der Waals surface area contributed by atoms with Gasteiger partial charge in [0.25, 0.3) is 0 Å². The Morgan fingerprint density at radius 1 is 1.16 bits per heavy atom. The van der Waals surface area contributed by atoms with Crippen LogP contribution in [0.4, 0.5) is 11.4 Å². The van der Waals surface area contributed by atoms with E-state index in [0.29, 0.717) is 5.75 Å². The van der Waals surface area contributed by atoms with Crippen LogP contribution >= 0.6 is 0 Å². The first kappa shape index (κ1) is 14.0. The second kappa shape index (κ2) is 6.69. The van der Waals surface area contributed by atoms with E-state index in [1.807, 2.05) is 12.1 Å². The van der Waals surface area contributed by atoms with Crippen LogP contribution in [-0.2, 0) is 0 Å². The Morgan fingerprint density at radius 3 is 2.53 bits per heavy atom. The summed E-state index contributed by atoms with van der Waals surface area (Å²) in [5.74, 6) is 0.399. The van der Waals surface area contributed by atoms with Crippen molar-refractivity contribution in [1.29, 1.82) is 0 Å². The van der Waals surface area contributed by atoms with Crippen molar-refractivity contribution >= 4 is 11.4 Å². The van der Waals surface area contributed by atoms with Crippen molar-refractivity contribution in [3.63, 3.8) is 0 Å². The molecule has 0 unspecified atom stereocenters. The molecule has 0 aromatic heterocycles. The Hall–Kier alpha value is -1.38. The molecule has 0 aliphatic carbocycles. The van der Waals surface area contributed by atoms with E-state index < -0.39 is 0 Å². The summed E-state index contributed by atoms with van der Waals surface area (Å²) in [6, 6.07) is 6.04. The first-order chi connectivity index (χ1) is 9.26. The number of rotatable bonds is 5. The third-order valence-corrected chi connectivity index (χ3v) is 3.90. The monoisotopic (exact) mass is 262 g/mol. The number of nitrogens with zero attached hydrogens (tertiary/aromatic N) is 2. The summed E-state index contributed by atoms with van der Waals surface area (Å²) in [6.45, 7) is 8.53. The highest BCUT2D eigenvalue weighted by atomic mass is 16.3. The molecule has 3 nitrogen and oxygen atoms in total. The second-order valence-electron chi connectivity index (χ2n) is 5.30. The predicted molar refractivity (Wildman–Crippen MR) is 82.3 cm³/mol. The van der Waals surface area contributed by atoms with Gasteiger partial charge in [-0.05, 0) is 50.8 Å². The van der Waals surface area contributed by atoms with E-state index in [1.54, 1.807) is 0 Å². The van der Waals surface area contributed by atoms with Crippen LogP contribution in [0.2, 0.25) is 0 Å². The minimum absolute atomic E-state index is 0.399. The van der Waals surface area contributed by atoms with E-state index >= 15 is 0 Å². The van der Waals surface area contributed by atoms with Crippen molar-refractivity contribution in [2.45, 2.75) is 39.5 Å². The SMILES string of the molecule is CCCN(CC)c1cc(N2CCCCC2)ccc1O. The smallest absolute Gasteiger partial charge is 0.139 e. The van der Waals surface area contributed by atoms with Crippen molar-refractivity contribution in [3.8, 4) is 5.75 Å². The van der Waals surface area contributed by atoms with Gasteiger partial charge < -0.3 is 14.9 Å². The molecule has 0 spiro atoms. The molecule has 0 saturated carbocycles. The Labute approximate surface area is 116 Å². The van der Waals surface area contributed by atoms with Crippen molar-refractivity contribution in [1.82, 2.24) is 0 Å². The van der Waals surface area contributed by atoms with Gasteiger partial charge in [0.15, 0.2) is 0 Å². The lowest BCUT2D eigenvalue weighted by Crippen LogP contribution is -2.30. The number of benzene rings is 1. The second-order valence-corrected chi connectivity index (χ2v) is 5.30. The Balaban J connectivity index is 2.22. The predicted octanol–water partition coefficient (Wildman–Crippen LogP) is 3.62. The van der Waals surface area contributed by atoms with Gasteiger partial charge in [-0.2, -0.15) is 0 Å². The molecule has 1 aromatic rings. The number of phenols is 1. The molecule has 19 heavy (non-hydrogen) atoms. The maximum absolute atomic E-state index is 10.1. The third-order valence-electron chi connectivity index (χ3n) is 3.90. The average molecular weight is 262 g/mol. The zero-order chi connectivity index (χ0) is 13.7. The lowest BCUT2D eigenvalue weighted by Gasteiger charge is -2.31. The summed E-state index contributed by atoms with van der Waals surface area (Å²) in [4.78, 5) is 4.69. The third kappa shape index (κ3) is 3.34. The first-order valence-electron chi connectivity index (χ1n) is 7.59.